The van der Waals surface area contributed by atoms with Gasteiger partial charge in [0.1, 0.15) is 0 Å². The molecule has 90 valence electrons. The van der Waals surface area contributed by atoms with Gasteiger partial charge in [0.2, 0.25) is 0 Å². The van der Waals surface area contributed by atoms with Crippen molar-refractivity contribution >= 4 is 0 Å². The summed E-state index contributed by atoms with van der Waals surface area (Å²) >= 11 is 0. The molecule has 0 aliphatic heterocycles. The van der Waals surface area contributed by atoms with E-state index in [4.69, 9.17) is 4.74 Å². The van der Waals surface area contributed by atoms with Gasteiger partial charge in [-0.25, -0.2) is 0 Å². The van der Waals surface area contributed by atoms with Crippen LogP contribution < -0.4 is 0 Å². The van der Waals surface area contributed by atoms with E-state index < -0.39 is 0 Å². The second kappa shape index (κ2) is 9.17. The van der Waals surface area contributed by atoms with Crippen molar-refractivity contribution in [3.05, 3.63) is 49.1 Å². The van der Waals surface area contributed by atoms with Crippen LogP contribution in [0, 0.1) is 5.92 Å². The summed E-state index contributed by atoms with van der Waals surface area (Å²) in [7, 11) is 0. The first-order chi connectivity index (χ1) is 7.60. The smallest absolute Gasteiger partial charge is 0.0720 e. The molecule has 1 unspecified atom stereocenters. The van der Waals surface area contributed by atoms with Crippen molar-refractivity contribution in [3.8, 4) is 0 Å². The van der Waals surface area contributed by atoms with E-state index in [1.165, 1.54) is 0 Å². The van der Waals surface area contributed by atoms with E-state index in [0.29, 0.717) is 18.6 Å². The lowest BCUT2D eigenvalue weighted by molar-refractivity contribution is 0.0693. The third kappa shape index (κ3) is 8.25. The lowest BCUT2D eigenvalue weighted by Gasteiger charge is -2.15. The molecule has 0 rings (SSSR count). The highest BCUT2D eigenvalue weighted by molar-refractivity contribution is 5.25. The minimum absolute atomic E-state index is 0.297. The van der Waals surface area contributed by atoms with Crippen LogP contribution in [0.15, 0.2) is 49.1 Å². The third-order valence-electron chi connectivity index (χ3n) is 2.12. The highest BCUT2D eigenvalue weighted by Gasteiger charge is 2.05. The number of hydrogen-bond acceptors (Lipinski definition) is 1. The van der Waals surface area contributed by atoms with Crippen LogP contribution in [0.25, 0.3) is 0 Å². The number of rotatable bonds is 8. The zero-order valence-corrected chi connectivity index (χ0v) is 10.8. The summed E-state index contributed by atoms with van der Waals surface area (Å²) in [6, 6.07) is 0. The van der Waals surface area contributed by atoms with Gasteiger partial charge in [-0.2, -0.15) is 0 Å². The maximum Gasteiger partial charge on any atom is 0.0720 e. The van der Waals surface area contributed by atoms with E-state index in [1.807, 2.05) is 18.2 Å². The first-order valence-corrected chi connectivity index (χ1v) is 5.82. The molecule has 0 aromatic heterocycles. The van der Waals surface area contributed by atoms with Crippen molar-refractivity contribution in [1.82, 2.24) is 0 Å². The highest BCUT2D eigenvalue weighted by atomic mass is 16.5. The molecule has 0 N–H and O–H groups in total. The standard InChI is InChI=1S/C15H24O/c1-6-8-10-15(9-7-2)12-16-14(5)11-13(3)4/h6-10,13-14H,1-2,11-12H2,3-5H3/b10-8-,15-9+. The number of hydrogen-bond donors (Lipinski definition) is 0. The van der Waals surface area contributed by atoms with Crippen LogP contribution in [0.5, 0.6) is 0 Å². The number of allylic oxidation sites excluding steroid dienone is 4. The van der Waals surface area contributed by atoms with Gasteiger partial charge in [-0.1, -0.05) is 57.4 Å². The van der Waals surface area contributed by atoms with Gasteiger partial charge < -0.3 is 4.74 Å². The largest absolute Gasteiger partial charge is 0.374 e. The lowest BCUT2D eigenvalue weighted by atomic mass is 10.1. The summed E-state index contributed by atoms with van der Waals surface area (Å²) in [5, 5.41) is 0. The van der Waals surface area contributed by atoms with E-state index in [0.717, 1.165) is 12.0 Å². The minimum atomic E-state index is 0.297. The van der Waals surface area contributed by atoms with Crippen LogP contribution in [0.4, 0.5) is 0 Å². The molecule has 0 radical (unpaired) electrons. The Morgan fingerprint density at radius 1 is 1.19 bits per heavy atom. The molecular formula is C15H24O. The monoisotopic (exact) mass is 220 g/mol. The molecule has 0 fully saturated rings. The second-order valence-corrected chi connectivity index (χ2v) is 4.32. The topological polar surface area (TPSA) is 9.23 Å². The maximum absolute atomic E-state index is 5.76. The molecule has 0 saturated carbocycles. The first-order valence-electron chi connectivity index (χ1n) is 5.82. The molecule has 0 aromatic rings. The fourth-order valence-corrected chi connectivity index (χ4v) is 1.47. The van der Waals surface area contributed by atoms with Crippen LogP contribution >= 0.6 is 0 Å². The van der Waals surface area contributed by atoms with Gasteiger partial charge in [0.15, 0.2) is 0 Å². The molecule has 0 aliphatic carbocycles. The first kappa shape index (κ1) is 14.9. The summed E-state index contributed by atoms with van der Waals surface area (Å²) in [5.41, 5.74) is 1.12. The Kier molecular flexibility index (Phi) is 8.55. The Morgan fingerprint density at radius 2 is 1.88 bits per heavy atom. The van der Waals surface area contributed by atoms with Crippen LogP contribution in [-0.4, -0.2) is 12.7 Å². The van der Waals surface area contributed by atoms with E-state index in [2.05, 4.69) is 33.9 Å². The summed E-state index contributed by atoms with van der Waals surface area (Å²) in [6.07, 6.45) is 10.8. The van der Waals surface area contributed by atoms with Gasteiger partial charge in [0.25, 0.3) is 0 Å². The van der Waals surface area contributed by atoms with Crippen LogP contribution in [0.2, 0.25) is 0 Å². The average molecular weight is 220 g/mol. The Balaban J connectivity index is 4.11. The van der Waals surface area contributed by atoms with Crippen molar-refractivity contribution in [2.24, 2.45) is 5.92 Å². The Morgan fingerprint density at radius 3 is 2.38 bits per heavy atom. The Bertz CT molecular complexity index is 259. The van der Waals surface area contributed by atoms with Gasteiger partial charge in [-0.05, 0) is 24.8 Å². The van der Waals surface area contributed by atoms with Gasteiger partial charge in [0, 0.05) is 0 Å². The molecule has 0 heterocycles. The van der Waals surface area contributed by atoms with E-state index in [-0.39, 0.29) is 0 Å². The molecule has 0 aliphatic rings. The van der Waals surface area contributed by atoms with Crippen molar-refractivity contribution in [2.75, 3.05) is 6.61 Å². The van der Waals surface area contributed by atoms with E-state index in [1.54, 1.807) is 12.2 Å². The van der Waals surface area contributed by atoms with Gasteiger partial charge in [0.05, 0.1) is 12.7 Å². The van der Waals surface area contributed by atoms with E-state index in [9.17, 15) is 0 Å². The SMILES string of the molecule is C=C/C=C\C(=C/C=C)COC(C)CC(C)C. The summed E-state index contributed by atoms with van der Waals surface area (Å²) in [5.74, 6) is 0.672. The minimum Gasteiger partial charge on any atom is -0.374 e. The lowest BCUT2D eigenvalue weighted by Crippen LogP contribution is -2.12. The van der Waals surface area contributed by atoms with Crippen molar-refractivity contribution < 1.29 is 4.74 Å². The summed E-state index contributed by atoms with van der Waals surface area (Å²) in [4.78, 5) is 0. The zero-order chi connectivity index (χ0) is 12.4. The maximum atomic E-state index is 5.76. The van der Waals surface area contributed by atoms with Gasteiger partial charge in [-0.3, -0.25) is 0 Å². The summed E-state index contributed by atoms with van der Waals surface area (Å²) < 4.78 is 5.76. The molecular weight excluding hydrogens is 196 g/mol. The van der Waals surface area contributed by atoms with E-state index >= 15 is 0 Å². The quantitative estimate of drug-likeness (QED) is 0.554. The molecule has 0 spiro atoms. The predicted molar refractivity (Wildman–Crippen MR) is 72.5 cm³/mol. The van der Waals surface area contributed by atoms with Crippen molar-refractivity contribution in [3.63, 3.8) is 0 Å². The fraction of sp³-hybridized carbons (Fsp3) is 0.467. The normalized spacial score (nSPS) is 14.4. The zero-order valence-electron chi connectivity index (χ0n) is 10.8. The molecule has 1 atom stereocenters. The molecule has 0 bridgehead atoms. The fourth-order valence-electron chi connectivity index (χ4n) is 1.47. The molecule has 0 aromatic carbocycles. The molecule has 0 amide bonds. The Labute approximate surface area is 100 Å². The van der Waals surface area contributed by atoms with Crippen molar-refractivity contribution in [2.45, 2.75) is 33.3 Å². The second-order valence-electron chi connectivity index (χ2n) is 4.32. The highest BCUT2D eigenvalue weighted by Crippen LogP contribution is 2.09. The van der Waals surface area contributed by atoms with Crippen LogP contribution in [-0.2, 0) is 4.74 Å². The predicted octanol–water partition coefficient (Wildman–Crippen LogP) is 4.29. The van der Waals surface area contributed by atoms with Crippen molar-refractivity contribution in [1.29, 1.82) is 0 Å². The molecule has 0 saturated heterocycles. The van der Waals surface area contributed by atoms with Crippen LogP contribution in [0.3, 0.4) is 0 Å². The number of ether oxygens (including phenoxy) is 1. The Hall–Kier alpha value is -1.08. The van der Waals surface area contributed by atoms with Gasteiger partial charge in [-0.15, -0.1) is 0 Å². The van der Waals surface area contributed by atoms with Gasteiger partial charge >= 0.3 is 0 Å². The third-order valence-corrected chi connectivity index (χ3v) is 2.12. The molecule has 1 nitrogen and oxygen atoms in total. The molecule has 1 heteroatoms. The molecule has 16 heavy (non-hydrogen) atoms. The average Bonchev–Trinajstić information content (AvgIpc) is 2.21. The summed E-state index contributed by atoms with van der Waals surface area (Å²) in [6.45, 7) is 14.5. The van der Waals surface area contributed by atoms with Crippen LogP contribution in [0.1, 0.15) is 27.2 Å².